The lowest BCUT2D eigenvalue weighted by atomic mass is 10.2. The summed E-state index contributed by atoms with van der Waals surface area (Å²) in [6.07, 6.45) is 1.26. The maximum absolute atomic E-state index is 12.5. The number of methoxy groups -OCH3 is 1. The maximum Gasteiger partial charge on any atom is 0.315 e. The van der Waals surface area contributed by atoms with Crippen LogP contribution in [0, 0.1) is 24.0 Å². The molecule has 202 valence electrons. The van der Waals surface area contributed by atoms with Gasteiger partial charge < -0.3 is 23.2 Å². The third-order valence-electron chi connectivity index (χ3n) is 5.78. The standard InChI is InChI=1S/C28H28N4O7/c1-5-37-27-24(32(34)35)14-20(15-26(27)36-4)16-29-30-28(33)25-13-12-23(39-25)17-38-22-10-8-21(9-11-22)31-18(2)6-7-19(31)3/h6-16H,5,17H2,1-4H3,(H,30,33)/b29-16+. The van der Waals surface area contributed by atoms with Crippen LogP contribution in [0.15, 0.2) is 70.2 Å². The van der Waals surface area contributed by atoms with Crippen LogP contribution in [0.4, 0.5) is 5.69 Å². The van der Waals surface area contributed by atoms with E-state index >= 15 is 0 Å². The van der Waals surface area contributed by atoms with Crippen LogP contribution in [0.5, 0.6) is 17.2 Å². The smallest absolute Gasteiger partial charge is 0.315 e. The second-order valence-corrected chi connectivity index (χ2v) is 8.46. The molecule has 2 heterocycles. The summed E-state index contributed by atoms with van der Waals surface area (Å²) >= 11 is 0. The van der Waals surface area contributed by atoms with Gasteiger partial charge in [0.1, 0.15) is 18.1 Å². The van der Waals surface area contributed by atoms with Gasteiger partial charge in [0.15, 0.2) is 11.5 Å². The highest BCUT2D eigenvalue weighted by Crippen LogP contribution is 2.38. The van der Waals surface area contributed by atoms with Crippen LogP contribution >= 0.6 is 0 Å². The Morgan fingerprint density at radius 1 is 1.08 bits per heavy atom. The van der Waals surface area contributed by atoms with Gasteiger partial charge in [-0.05, 0) is 75.4 Å². The molecule has 2 aromatic carbocycles. The number of hydrazone groups is 1. The molecule has 0 bridgehead atoms. The molecular formula is C28H28N4O7. The molecule has 0 unspecified atom stereocenters. The number of aryl methyl sites for hydroxylation is 2. The number of nitrogens with one attached hydrogen (secondary N) is 1. The Labute approximate surface area is 224 Å². The van der Waals surface area contributed by atoms with Gasteiger partial charge in [0.05, 0.1) is 24.9 Å². The summed E-state index contributed by atoms with van der Waals surface area (Å²) in [6.45, 7) is 6.18. The second kappa shape index (κ2) is 12.0. The first-order valence-corrected chi connectivity index (χ1v) is 12.1. The minimum Gasteiger partial charge on any atom is -0.493 e. The van der Waals surface area contributed by atoms with Crippen molar-refractivity contribution in [1.29, 1.82) is 0 Å². The number of carbonyl (C=O) groups excluding carboxylic acids is 1. The summed E-state index contributed by atoms with van der Waals surface area (Å²) in [7, 11) is 1.38. The van der Waals surface area contributed by atoms with Crippen LogP contribution in [0.1, 0.15) is 40.2 Å². The Kier molecular flexibility index (Phi) is 8.30. The summed E-state index contributed by atoms with van der Waals surface area (Å²) in [5, 5.41) is 15.3. The van der Waals surface area contributed by atoms with Gasteiger partial charge in [-0.15, -0.1) is 0 Å². The molecule has 0 aliphatic heterocycles. The average Bonchev–Trinajstić information content (AvgIpc) is 3.54. The van der Waals surface area contributed by atoms with E-state index in [0.29, 0.717) is 17.1 Å². The molecule has 0 radical (unpaired) electrons. The van der Waals surface area contributed by atoms with E-state index in [4.69, 9.17) is 18.6 Å². The van der Waals surface area contributed by atoms with Crippen molar-refractivity contribution in [3.05, 3.63) is 99.2 Å². The fraction of sp³-hybridized carbons (Fsp3) is 0.214. The molecule has 0 fully saturated rings. The van der Waals surface area contributed by atoms with Crippen molar-refractivity contribution in [3.63, 3.8) is 0 Å². The van der Waals surface area contributed by atoms with Gasteiger partial charge in [0.25, 0.3) is 0 Å². The Morgan fingerprint density at radius 3 is 2.44 bits per heavy atom. The number of furan rings is 1. The molecule has 2 aromatic heterocycles. The molecule has 1 amide bonds. The molecule has 0 aliphatic rings. The fourth-order valence-electron chi connectivity index (χ4n) is 3.98. The number of benzene rings is 2. The largest absolute Gasteiger partial charge is 0.493 e. The predicted octanol–water partition coefficient (Wildman–Crippen LogP) is 5.35. The van der Waals surface area contributed by atoms with E-state index in [2.05, 4.69) is 41.1 Å². The van der Waals surface area contributed by atoms with E-state index in [0.717, 1.165) is 17.1 Å². The van der Waals surface area contributed by atoms with E-state index in [-0.39, 0.29) is 36.2 Å². The van der Waals surface area contributed by atoms with Gasteiger partial charge in [-0.2, -0.15) is 5.10 Å². The van der Waals surface area contributed by atoms with E-state index in [9.17, 15) is 14.9 Å². The van der Waals surface area contributed by atoms with Gasteiger partial charge in [0, 0.05) is 28.7 Å². The Bertz CT molecular complexity index is 1480. The van der Waals surface area contributed by atoms with Crippen molar-refractivity contribution in [2.75, 3.05) is 13.7 Å². The van der Waals surface area contributed by atoms with E-state index < -0.39 is 10.8 Å². The highest BCUT2D eigenvalue weighted by molar-refractivity contribution is 5.92. The number of hydrogen-bond acceptors (Lipinski definition) is 8. The SMILES string of the molecule is CCOc1c(OC)cc(/C=N/NC(=O)c2ccc(COc3ccc(-n4c(C)ccc4C)cc3)o2)cc1[N+](=O)[O-]. The molecular weight excluding hydrogens is 504 g/mol. The van der Waals surface area contributed by atoms with Gasteiger partial charge >= 0.3 is 11.6 Å². The van der Waals surface area contributed by atoms with Crippen molar-refractivity contribution in [2.45, 2.75) is 27.4 Å². The molecule has 0 atom stereocenters. The maximum atomic E-state index is 12.5. The molecule has 0 spiro atoms. The number of nitro groups is 1. The van der Waals surface area contributed by atoms with Crippen molar-refractivity contribution in [2.24, 2.45) is 5.10 Å². The zero-order valence-electron chi connectivity index (χ0n) is 22.0. The van der Waals surface area contributed by atoms with Crippen molar-refractivity contribution >= 4 is 17.8 Å². The quantitative estimate of drug-likeness (QED) is 0.157. The summed E-state index contributed by atoms with van der Waals surface area (Å²) < 4.78 is 24.1. The molecule has 11 nitrogen and oxygen atoms in total. The number of aromatic nitrogens is 1. The Morgan fingerprint density at radius 2 is 1.79 bits per heavy atom. The number of nitrogens with zero attached hydrogens (tertiary/aromatic N) is 3. The van der Waals surface area contributed by atoms with Gasteiger partial charge in [-0.3, -0.25) is 14.9 Å². The van der Waals surface area contributed by atoms with Crippen LogP contribution in [0.2, 0.25) is 0 Å². The number of rotatable bonds is 11. The zero-order chi connectivity index (χ0) is 27.9. The summed E-state index contributed by atoms with van der Waals surface area (Å²) in [5.41, 5.74) is 5.74. The van der Waals surface area contributed by atoms with Crippen LogP contribution in [-0.4, -0.2) is 35.3 Å². The third-order valence-corrected chi connectivity index (χ3v) is 5.78. The normalized spacial score (nSPS) is 11.0. The highest BCUT2D eigenvalue weighted by Gasteiger charge is 2.21. The van der Waals surface area contributed by atoms with Crippen molar-refractivity contribution in [1.82, 2.24) is 9.99 Å². The van der Waals surface area contributed by atoms with Crippen LogP contribution in [-0.2, 0) is 6.61 Å². The minimum atomic E-state index is -0.591. The topological polar surface area (TPSA) is 130 Å². The lowest BCUT2D eigenvalue weighted by Crippen LogP contribution is -2.16. The lowest BCUT2D eigenvalue weighted by Gasteiger charge is -2.10. The molecule has 0 aliphatic carbocycles. The average molecular weight is 533 g/mol. The molecule has 4 aromatic rings. The van der Waals surface area contributed by atoms with Crippen LogP contribution in [0.3, 0.4) is 0 Å². The molecule has 11 heteroatoms. The fourth-order valence-corrected chi connectivity index (χ4v) is 3.98. The van der Waals surface area contributed by atoms with E-state index in [1.54, 1.807) is 13.0 Å². The summed E-state index contributed by atoms with van der Waals surface area (Å²) in [4.78, 5) is 23.3. The van der Waals surface area contributed by atoms with Crippen molar-refractivity contribution < 1.29 is 28.3 Å². The van der Waals surface area contributed by atoms with Gasteiger partial charge in [0.2, 0.25) is 5.75 Å². The number of amides is 1. The third kappa shape index (κ3) is 6.27. The van der Waals surface area contributed by atoms with E-state index in [1.165, 1.54) is 31.5 Å². The minimum absolute atomic E-state index is 0.0264. The summed E-state index contributed by atoms with van der Waals surface area (Å²) in [5.74, 6) is 0.768. The van der Waals surface area contributed by atoms with Gasteiger partial charge in [-0.25, -0.2) is 5.43 Å². The predicted molar refractivity (Wildman–Crippen MR) is 144 cm³/mol. The number of hydrogen-bond donors (Lipinski definition) is 1. The molecule has 0 saturated heterocycles. The number of ether oxygens (including phenoxy) is 3. The first-order valence-electron chi connectivity index (χ1n) is 12.1. The highest BCUT2D eigenvalue weighted by atomic mass is 16.6. The Hall–Kier alpha value is -5.06. The Balaban J connectivity index is 1.35. The first kappa shape index (κ1) is 27.0. The monoisotopic (exact) mass is 532 g/mol. The van der Waals surface area contributed by atoms with Crippen molar-refractivity contribution in [3.8, 4) is 22.9 Å². The van der Waals surface area contributed by atoms with Gasteiger partial charge in [-0.1, -0.05) is 0 Å². The number of carbonyl (C=O) groups is 1. The van der Waals surface area contributed by atoms with Crippen LogP contribution < -0.4 is 19.6 Å². The first-order chi connectivity index (χ1) is 18.8. The number of nitro benzene ring substituents is 1. The lowest BCUT2D eigenvalue weighted by molar-refractivity contribution is -0.385. The summed E-state index contributed by atoms with van der Waals surface area (Å²) in [6, 6.07) is 17.8. The molecule has 39 heavy (non-hydrogen) atoms. The van der Waals surface area contributed by atoms with Crippen LogP contribution in [0.25, 0.3) is 5.69 Å². The molecule has 0 saturated carbocycles. The molecule has 1 N–H and O–H groups in total. The molecule has 4 rings (SSSR count). The van der Waals surface area contributed by atoms with E-state index in [1.807, 2.05) is 24.3 Å². The second-order valence-electron chi connectivity index (χ2n) is 8.46. The zero-order valence-corrected chi connectivity index (χ0v) is 22.0.